The Morgan fingerprint density at radius 1 is 1.29 bits per heavy atom. The number of carbonyl (C=O) groups is 1. The fraction of sp³-hybridized carbons (Fsp3) is 0.250. The highest BCUT2D eigenvalue weighted by atomic mass is 35.5. The second kappa shape index (κ2) is 7.77. The summed E-state index contributed by atoms with van der Waals surface area (Å²) in [5.74, 6) is -0.313. The van der Waals surface area contributed by atoms with Crippen LogP contribution in [0.3, 0.4) is 0 Å². The first-order valence-electron chi connectivity index (χ1n) is 9.17. The summed E-state index contributed by atoms with van der Waals surface area (Å²) < 4.78 is 44.1. The minimum atomic E-state index is -4.42. The number of fused-ring (bicyclic) bond motifs is 1. The predicted octanol–water partition coefficient (Wildman–Crippen LogP) is 4.77. The molecule has 0 fully saturated rings. The summed E-state index contributed by atoms with van der Waals surface area (Å²) >= 11 is 6.00. The molecule has 1 aliphatic rings. The van der Waals surface area contributed by atoms with Gasteiger partial charge in [-0.15, -0.1) is 0 Å². The van der Waals surface area contributed by atoms with Gasteiger partial charge in [-0.25, -0.2) is 15.0 Å². The predicted molar refractivity (Wildman–Crippen MR) is 107 cm³/mol. The molecule has 31 heavy (non-hydrogen) atoms. The van der Waals surface area contributed by atoms with Crippen molar-refractivity contribution < 1.29 is 22.5 Å². The summed E-state index contributed by atoms with van der Waals surface area (Å²) in [4.78, 5) is 24.5. The number of halogens is 4. The Hall–Kier alpha value is -3.27. The van der Waals surface area contributed by atoms with Crippen molar-refractivity contribution in [2.24, 2.45) is 4.99 Å². The van der Waals surface area contributed by atoms with Crippen LogP contribution in [0.5, 0.6) is 0 Å². The Labute approximate surface area is 179 Å². The second-order valence-electron chi connectivity index (χ2n) is 7.14. The van der Waals surface area contributed by atoms with Crippen LogP contribution in [0.25, 0.3) is 0 Å². The molecule has 160 valence electrons. The molecule has 1 aliphatic heterocycles. The van der Waals surface area contributed by atoms with E-state index in [1.54, 1.807) is 13.0 Å². The molecular weight excluding hydrogens is 435 g/mol. The molecule has 0 saturated carbocycles. The maximum absolute atomic E-state index is 12.9. The Morgan fingerprint density at radius 3 is 2.81 bits per heavy atom. The fourth-order valence-corrected chi connectivity index (χ4v) is 3.44. The number of hydrogen-bond acceptors (Lipinski definition) is 7. The number of anilines is 1. The van der Waals surface area contributed by atoms with Gasteiger partial charge in [0.05, 0.1) is 22.7 Å². The van der Waals surface area contributed by atoms with Crippen molar-refractivity contribution in [3.8, 4) is 0 Å². The lowest BCUT2D eigenvalue weighted by Gasteiger charge is -2.08. The lowest BCUT2D eigenvalue weighted by Crippen LogP contribution is -2.10. The first-order valence-corrected chi connectivity index (χ1v) is 9.55. The van der Waals surface area contributed by atoms with Crippen LogP contribution in [0, 0.1) is 0 Å². The van der Waals surface area contributed by atoms with Crippen LogP contribution in [0.15, 0.2) is 40.1 Å². The number of nitrogens with two attached hydrogens (primary N) is 1. The molecule has 11 heteroatoms. The van der Waals surface area contributed by atoms with Gasteiger partial charge in [-0.2, -0.15) is 13.2 Å². The minimum Gasteiger partial charge on any atom is -0.382 e. The molecule has 4 rings (SSSR count). The zero-order valence-electron chi connectivity index (χ0n) is 16.1. The molecule has 3 aromatic rings. The number of ketones is 1. The summed E-state index contributed by atoms with van der Waals surface area (Å²) in [7, 11) is 0. The molecule has 2 aromatic heterocycles. The van der Waals surface area contributed by atoms with E-state index in [0.717, 1.165) is 18.5 Å². The second-order valence-corrected chi connectivity index (χ2v) is 7.52. The van der Waals surface area contributed by atoms with E-state index in [1.165, 1.54) is 6.07 Å². The molecule has 0 bridgehead atoms. The van der Waals surface area contributed by atoms with Crippen LogP contribution in [-0.4, -0.2) is 26.6 Å². The Kier molecular flexibility index (Phi) is 5.26. The lowest BCUT2D eigenvalue weighted by atomic mass is 9.98. The van der Waals surface area contributed by atoms with Crippen molar-refractivity contribution in [1.82, 2.24) is 15.1 Å². The molecule has 2 N–H and O–H groups in total. The fourth-order valence-electron chi connectivity index (χ4n) is 3.23. The summed E-state index contributed by atoms with van der Waals surface area (Å²) in [5, 5.41) is 3.99. The van der Waals surface area contributed by atoms with Gasteiger partial charge < -0.3 is 10.3 Å². The van der Waals surface area contributed by atoms with E-state index in [1.807, 2.05) is 0 Å². The molecule has 0 unspecified atom stereocenters. The molecular formula is C20H15ClF3N5O2. The summed E-state index contributed by atoms with van der Waals surface area (Å²) in [6.07, 6.45) is -3.02. The van der Waals surface area contributed by atoms with Gasteiger partial charge in [0.15, 0.2) is 11.5 Å². The van der Waals surface area contributed by atoms with Gasteiger partial charge in [0.25, 0.3) is 0 Å². The summed E-state index contributed by atoms with van der Waals surface area (Å²) in [6.45, 7) is 1.78. The van der Waals surface area contributed by atoms with Crippen LogP contribution < -0.4 is 5.73 Å². The van der Waals surface area contributed by atoms with Gasteiger partial charge in [-0.3, -0.25) is 4.79 Å². The van der Waals surface area contributed by atoms with Crippen molar-refractivity contribution in [2.45, 2.75) is 31.9 Å². The smallest absolute Gasteiger partial charge is 0.382 e. The third kappa shape index (κ3) is 4.15. The Morgan fingerprint density at radius 2 is 2.06 bits per heavy atom. The number of rotatable bonds is 5. The third-order valence-corrected chi connectivity index (χ3v) is 5.28. The largest absolute Gasteiger partial charge is 0.416 e. The van der Waals surface area contributed by atoms with E-state index >= 15 is 0 Å². The van der Waals surface area contributed by atoms with Crippen molar-refractivity contribution in [2.75, 3.05) is 5.73 Å². The molecule has 1 aromatic carbocycles. The standard InChI is InChI=1S/C20H15ClF3N5O2/c1-9(4-15(30)18-17(21)19(25)27-8-26-18)13-7-16(31-29-13)14-6-10-5-11(20(22,23)24)2-3-12(10)28-14/h2-3,5,7-9H,4,6H2,1H3,(H2,25,26,27)/t9-/m1/s1. The summed E-state index contributed by atoms with van der Waals surface area (Å²) in [6, 6.07) is 5.04. The number of Topliss-reactive ketones (excluding diaryl/α,β-unsaturated/α-hetero) is 1. The van der Waals surface area contributed by atoms with Crippen molar-refractivity contribution in [3.05, 3.63) is 63.9 Å². The number of aromatic nitrogens is 3. The first kappa shape index (κ1) is 21.0. The quantitative estimate of drug-likeness (QED) is 0.562. The average Bonchev–Trinajstić information content (AvgIpc) is 3.35. The minimum absolute atomic E-state index is 0.00292. The highest BCUT2D eigenvalue weighted by molar-refractivity contribution is 6.35. The van der Waals surface area contributed by atoms with Crippen LogP contribution in [0.1, 0.15) is 52.3 Å². The normalized spacial score (nSPS) is 14.3. The molecule has 0 spiro atoms. The van der Waals surface area contributed by atoms with E-state index in [-0.39, 0.29) is 41.1 Å². The SMILES string of the molecule is C[C@H](CC(=O)c1ncnc(N)c1Cl)c1cc(C2=Nc3ccc(C(F)(F)F)cc3C2)on1. The monoisotopic (exact) mass is 449 g/mol. The highest BCUT2D eigenvalue weighted by Gasteiger charge is 2.32. The zero-order chi connectivity index (χ0) is 22.3. The van der Waals surface area contributed by atoms with Crippen LogP contribution in [0.2, 0.25) is 5.02 Å². The van der Waals surface area contributed by atoms with Crippen LogP contribution in [-0.2, 0) is 12.6 Å². The molecule has 0 saturated heterocycles. The molecule has 0 aliphatic carbocycles. The van der Waals surface area contributed by atoms with E-state index in [4.69, 9.17) is 21.9 Å². The summed E-state index contributed by atoms with van der Waals surface area (Å²) in [5.41, 5.74) is 6.79. The van der Waals surface area contributed by atoms with Gasteiger partial charge in [0, 0.05) is 24.8 Å². The van der Waals surface area contributed by atoms with Crippen LogP contribution >= 0.6 is 11.6 Å². The molecule has 7 nitrogen and oxygen atoms in total. The van der Waals surface area contributed by atoms with Gasteiger partial charge in [-0.05, 0) is 23.8 Å². The first-order chi connectivity index (χ1) is 14.6. The molecule has 3 heterocycles. The molecule has 0 amide bonds. The highest BCUT2D eigenvalue weighted by Crippen LogP contribution is 2.36. The number of aliphatic imine (C=N–C) groups is 1. The van der Waals surface area contributed by atoms with Gasteiger partial charge in [-0.1, -0.05) is 23.7 Å². The van der Waals surface area contributed by atoms with E-state index in [9.17, 15) is 18.0 Å². The average molecular weight is 450 g/mol. The zero-order valence-corrected chi connectivity index (χ0v) is 16.8. The van der Waals surface area contributed by atoms with Gasteiger partial charge in [0.1, 0.15) is 22.9 Å². The number of nitrogen functional groups attached to an aromatic ring is 1. The van der Waals surface area contributed by atoms with Crippen molar-refractivity contribution >= 4 is 34.6 Å². The van der Waals surface area contributed by atoms with Crippen LogP contribution in [0.4, 0.5) is 24.7 Å². The third-order valence-electron chi connectivity index (χ3n) is 4.91. The van der Waals surface area contributed by atoms with Gasteiger partial charge in [0.2, 0.25) is 0 Å². The topological polar surface area (TPSA) is 107 Å². The number of nitrogens with zero attached hydrogens (tertiary/aromatic N) is 4. The number of hydrogen-bond donors (Lipinski definition) is 1. The maximum Gasteiger partial charge on any atom is 0.416 e. The number of alkyl halides is 3. The molecule has 0 radical (unpaired) electrons. The Bertz CT molecular complexity index is 1210. The lowest BCUT2D eigenvalue weighted by molar-refractivity contribution is -0.137. The number of benzene rings is 1. The maximum atomic E-state index is 12.9. The number of carbonyl (C=O) groups excluding carboxylic acids is 1. The van der Waals surface area contributed by atoms with Crippen molar-refractivity contribution in [3.63, 3.8) is 0 Å². The Balaban J connectivity index is 1.48. The van der Waals surface area contributed by atoms with E-state index in [2.05, 4.69) is 20.1 Å². The van der Waals surface area contributed by atoms with E-state index in [0.29, 0.717) is 28.4 Å². The molecule has 1 atom stereocenters. The van der Waals surface area contributed by atoms with Gasteiger partial charge >= 0.3 is 6.18 Å². The van der Waals surface area contributed by atoms with E-state index < -0.39 is 11.7 Å². The van der Waals surface area contributed by atoms with Crippen molar-refractivity contribution in [1.29, 1.82) is 0 Å².